The van der Waals surface area contributed by atoms with Gasteiger partial charge in [-0.2, -0.15) is 0 Å². The zero-order valence-electron chi connectivity index (χ0n) is 40.7. The van der Waals surface area contributed by atoms with Crippen molar-refractivity contribution in [3.8, 4) is 0 Å². The first kappa shape index (κ1) is 56.4. The zero-order chi connectivity index (χ0) is 48.9. The van der Waals surface area contributed by atoms with E-state index in [1.807, 2.05) is 13.8 Å². The summed E-state index contributed by atoms with van der Waals surface area (Å²) >= 11 is 0. The van der Waals surface area contributed by atoms with Crippen LogP contribution in [-0.4, -0.2) is 133 Å². The molecule has 0 aromatic carbocycles. The van der Waals surface area contributed by atoms with Crippen LogP contribution < -0.4 is 54.5 Å². The van der Waals surface area contributed by atoms with E-state index in [0.717, 1.165) is 12.8 Å². The third-order valence-corrected chi connectivity index (χ3v) is 13.5. The Bertz CT molecular complexity index is 1610. The summed E-state index contributed by atoms with van der Waals surface area (Å²) in [6.07, 6.45) is 8.17. The molecular weight excluding hydrogens is 847 g/mol. The molecule has 0 aromatic heterocycles. The van der Waals surface area contributed by atoms with Crippen LogP contribution in [-0.2, 0) is 38.4 Å². The number of ketones is 3. The lowest BCUT2D eigenvalue weighted by Crippen LogP contribution is -2.61. The minimum absolute atomic E-state index is 0.0481. The summed E-state index contributed by atoms with van der Waals surface area (Å²) in [5.41, 5.74) is 20.5. The minimum Gasteiger partial charge on any atom is -0.345 e. The first-order valence-electron chi connectivity index (χ1n) is 24.9. The lowest BCUT2D eigenvalue weighted by Gasteiger charge is -2.31. The Morgan fingerprint density at radius 3 is 1.73 bits per heavy atom. The van der Waals surface area contributed by atoms with Crippen LogP contribution in [0.15, 0.2) is 0 Å². The molecule has 13 N–H and O–H groups in total. The smallest absolute Gasteiger partial charge is 0.243 e. The van der Waals surface area contributed by atoms with Crippen molar-refractivity contribution in [1.29, 1.82) is 0 Å². The number of nitrogens with zero attached hydrogens (tertiary/aromatic N) is 1. The van der Waals surface area contributed by atoms with E-state index in [1.54, 1.807) is 32.7 Å². The van der Waals surface area contributed by atoms with E-state index in [-0.39, 0.29) is 66.8 Å². The zero-order valence-corrected chi connectivity index (χ0v) is 40.7. The molecule has 19 heteroatoms. The van der Waals surface area contributed by atoms with E-state index >= 15 is 0 Å². The third kappa shape index (κ3) is 18.0. The summed E-state index contributed by atoms with van der Waals surface area (Å²) in [5, 5.41) is 19.3. The van der Waals surface area contributed by atoms with Gasteiger partial charge in [-0.05, 0) is 135 Å². The molecule has 19 nitrogen and oxygen atoms in total. The van der Waals surface area contributed by atoms with Crippen molar-refractivity contribution in [3.63, 3.8) is 0 Å². The number of rotatable bonds is 16. The molecule has 0 bridgehead atoms. The van der Waals surface area contributed by atoms with Crippen molar-refractivity contribution >= 4 is 46.9 Å². The number of nitrogens with two attached hydrogens (primary N) is 3. The Morgan fingerprint density at radius 1 is 0.591 bits per heavy atom. The second kappa shape index (κ2) is 29.1. The summed E-state index contributed by atoms with van der Waals surface area (Å²) in [6.45, 7) is 12.0. The highest BCUT2D eigenvalue weighted by Gasteiger charge is 2.41. The van der Waals surface area contributed by atoms with Crippen molar-refractivity contribution < 1.29 is 38.4 Å². The maximum Gasteiger partial charge on any atom is 0.243 e. The average Bonchev–Trinajstić information content (AvgIpc) is 4.02. The Labute approximate surface area is 392 Å². The second-order valence-electron chi connectivity index (χ2n) is 19.3. The molecule has 4 unspecified atom stereocenters. The second-order valence-corrected chi connectivity index (χ2v) is 19.3. The fourth-order valence-electron chi connectivity index (χ4n) is 8.88. The van der Waals surface area contributed by atoms with Gasteiger partial charge in [0.2, 0.25) is 29.5 Å². The molecule has 0 spiro atoms. The van der Waals surface area contributed by atoms with E-state index in [4.69, 9.17) is 17.2 Å². The number of carbonyl (C=O) groups excluding carboxylic acids is 8. The minimum atomic E-state index is -1.01. The topological polar surface area (TPSA) is 302 Å². The van der Waals surface area contributed by atoms with Crippen LogP contribution >= 0.6 is 0 Å². The van der Waals surface area contributed by atoms with E-state index in [0.29, 0.717) is 96.8 Å². The number of carbonyl (C=O) groups is 8. The largest absolute Gasteiger partial charge is 0.345 e. The number of unbranched alkanes of at least 4 members (excludes halogenated alkanes) is 3. The van der Waals surface area contributed by atoms with Gasteiger partial charge in [0, 0.05) is 18.9 Å². The summed E-state index contributed by atoms with van der Waals surface area (Å²) in [5.74, 6) is -4.25. The van der Waals surface area contributed by atoms with Gasteiger partial charge >= 0.3 is 0 Å². The summed E-state index contributed by atoms with van der Waals surface area (Å²) in [4.78, 5) is 112. The predicted molar refractivity (Wildman–Crippen MR) is 253 cm³/mol. The average molecular weight is 932 g/mol. The summed E-state index contributed by atoms with van der Waals surface area (Å²) in [7, 11) is 0. The number of amides is 5. The Balaban J connectivity index is 2.01. The van der Waals surface area contributed by atoms with Crippen molar-refractivity contribution in [1.82, 2.24) is 42.3 Å². The summed E-state index contributed by atoms with van der Waals surface area (Å²) in [6, 6.07) is -7.12. The maximum absolute atomic E-state index is 14.1. The van der Waals surface area contributed by atoms with Gasteiger partial charge in [0.25, 0.3) is 0 Å². The molecule has 5 amide bonds. The van der Waals surface area contributed by atoms with E-state index in [9.17, 15) is 38.4 Å². The SMILES string of the molecule is CC[C@H](C)[C@@H]1NC(=O)[C@H](C(C)C)NC(=O)C(C)NN2CCC[C@H]2C(=O)N[C@@H](CCCCN)C(=O)CCC(C2CC2)C(=O)C(C)NC(=O)[C@H](CCCCN)NC(=O)C(CCCCN)NCC1=O. The lowest BCUT2D eigenvalue weighted by molar-refractivity contribution is -0.135. The van der Waals surface area contributed by atoms with Crippen LogP contribution in [0.25, 0.3) is 0 Å². The maximum atomic E-state index is 14.1. The molecule has 2 saturated heterocycles. The normalized spacial score (nSPS) is 29.8. The first-order valence-corrected chi connectivity index (χ1v) is 24.9. The number of hydrogen-bond acceptors (Lipinski definition) is 14. The Hall–Kier alpha value is -3.88. The van der Waals surface area contributed by atoms with Crippen molar-refractivity contribution in [2.75, 3.05) is 32.7 Å². The van der Waals surface area contributed by atoms with E-state index < -0.39 is 77.9 Å². The van der Waals surface area contributed by atoms with Crippen LogP contribution in [0.4, 0.5) is 0 Å². The van der Waals surface area contributed by atoms with Gasteiger partial charge in [0.1, 0.15) is 18.1 Å². The number of hydrazine groups is 1. The number of fused-ring (bicyclic) bond motifs is 1. The van der Waals surface area contributed by atoms with Crippen molar-refractivity contribution in [3.05, 3.63) is 0 Å². The molecule has 10 atom stereocenters. The molecule has 2 aliphatic heterocycles. The molecule has 2 heterocycles. The third-order valence-electron chi connectivity index (χ3n) is 13.5. The van der Waals surface area contributed by atoms with E-state index in [1.165, 1.54) is 0 Å². The fraction of sp³-hybridized carbons (Fsp3) is 0.830. The number of nitrogens with one attached hydrogen (secondary N) is 7. The molecule has 0 aromatic rings. The van der Waals surface area contributed by atoms with Gasteiger partial charge < -0.3 is 43.8 Å². The van der Waals surface area contributed by atoms with Gasteiger partial charge in [0.15, 0.2) is 17.3 Å². The Morgan fingerprint density at radius 2 is 1.15 bits per heavy atom. The molecule has 3 aliphatic rings. The van der Waals surface area contributed by atoms with Gasteiger partial charge in [-0.1, -0.05) is 40.5 Å². The van der Waals surface area contributed by atoms with Crippen molar-refractivity contribution in [2.24, 2.45) is 40.9 Å². The van der Waals surface area contributed by atoms with Gasteiger partial charge in [-0.15, -0.1) is 0 Å². The Kier molecular flexibility index (Phi) is 24.9. The van der Waals surface area contributed by atoms with Gasteiger partial charge in [-0.3, -0.25) is 43.7 Å². The van der Waals surface area contributed by atoms with Crippen LogP contribution in [0.3, 0.4) is 0 Å². The molecule has 3 fully saturated rings. The first-order chi connectivity index (χ1) is 31.5. The summed E-state index contributed by atoms with van der Waals surface area (Å²) < 4.78 is 0. The van der Waals surface area contributed by atoms with Gasteiger partial charge in [0.05, 0.1) is 36.8 Å². The standard InChI is InChI=1S/C47H85N11O8/c1-7-29(4)41-39(60)27-51-35(16-9-12-24-49)44(63)54-36(17-10-13-25-50)45(64)52-30(5)42(61)33(32-19-20-32)21-22-38(59)34(15-8-11-23-48)53-46(65)37-18-14-26-58(37)57-31(6)43(62)55-40(28(2)3)47(66)56-41/h28-37,40-41,51,57H,7-27,48-50H2,1-6H3,(H,52,64)(H,53,65)(H,54,63)(H,55,62)(H,56,66)/t29-,30?,31?,33?,34-,35?,36-,37-,40-,41-/m0/s1. The van der Waals surface area contributed by atoms with Crippen LogP contribution in [0.1, 0.15) is 144 Å². The molecule has 1 saturated carbocycles. The number of Topliss-reactive ketones (excluding diaryl/α,β-unsaturated/α-hetero) is 3. The molecule has 376 valence electrons. The van der Waals surface area contributed by atoms with Crippen LogP contribution in [0.5, 0.6) is 0 Å². The monoisotopic (exact) mass is 932 g/mol. The highest BCUT2D eigenvalue weighted by Crippen LogP contribution is 2.40. The molecule has 0 radical (unpaired) electrons. The quantitative estimate of drug-likeness (QED) is 0.0936. The van der Waals surface area contributed by atoms with Gasteiger partial charge in [-0.25, -0.2) is 10.4 Å². The molecular formula is C47H85N11O8. The van der Waals surface area contributed by atoms with Crippen LogP contribution in [0.2, 0.25) is 0 Å². The number of hydrogen-bond donors (Lipinski definition) is 10. The fourth-order valence-corrected chi connectivity index (χ4v) is 8.88. The molecule has 66 heavy (non-hydrogen) atoms. The highest BCUT2D eigenvalue weighted by molar-refractivity contribution is 5.97. The lowest BCUT2D eigenvalue weighted by atomic mass is 9.87. The highest BCUT2D eigenvalue weighted by atomic mass is 16.2. The molecule has 1 aliphatic carbocycles. The van der Waals surface area contributed by atoms with E-state index in [2.05, 4.69) is 37.3 Å². The van der Waals surface area contributed by atoms with Crippen molar-refractivity contribution in [2.45, 2.75) is 193 Å². The van der Waals surface area contributed by atoms with Crippen LogP contribution in [0, 0.1) is 23.7 Å². The predicted octanol–water partition coefficient (Wildman–Crippen LogP) is 0.362. The molecule has 3 rings (SSSR count).